The molecule has 0 atom stereocenters. The number of rotatable bonds is 5. The maximum atomic E-state index is 12.7. The molecule has 1 aliphatic rings. The first kappa shape index (κ1) is 19.2. The number of alkyl halides is 3. The van der Waals surface area contributed by atoms with Gasteiger partial charge in [-0.3, -0.25) is 9.59 Å². The number of fused-ring (bicyclic) bond motifs is 1. The van der Waals surface area contributed by atoms with Gasteiger partial charge in [0.15, 0.2) is 11.5 Å². The van der Waals surface area contributed by atoms with Crippen LogP contribution >= 0.6 is 0 Å². The van der Waals surface area contributed by atoms with Crippen molar-refractivity contribution in [3.8, 4) is 11.5 Å². The van der Waals surface area contributed by atoms with Crippen LogP contribution in [0.1, 0.15) is 17.5 Å². The summed E-state index contributed by atoms with van der Waals surface area (Å²) < 4.78 is 48.4. The topological polar surface area (TPSA) is 89.0 Å². The van der Waals surface area contributed by atoms with Crippen LogP contribution in [0, 0.1) is 0 Å². The summed E-state index contributed by atoms with van der Waals surface area (Å²) >= 11 is 0. The highest BCUT2D eigenvalue weighted by atomic mass is 19.4. The van der Waals surface area contributed by atoms with Crippen molar-refractivity contribution >= 4 is 23.7 Å². The Morgan fingerprint density at radius 1 is 1.07 bits per heavy atom. The number of hydrogen-bond donors (Lipinski definition) is 2. The number of carbonyl (C=O) groups is 2. The lowest BCUT2D eigenvalue weighted by Crippen LogP contribution is -2.24. The first-order valence-corrected chi connectivity index (χ1v) is 8.00. The average molecular weight is 393 g/mol. The summed E-state index contributed by atoms with van der Waals surface area (Å²) in [5.41, 5.74) is 1.85. The average Bonchev–Trinajstić information content (AvgIpc) is 3.09. The maximum Gasteiger partial charge on any atom is 0.416 e. The minimum atomic E-state index is -4.53. The molecule has 1 aliphatic heterocycles. The molecule has 0 aromatic heterocycles. The van der Waals surface area contributed by atoms with Crippen molar-refractivity contribution in [1.29, 1.82) is 0 Å². The number of carbonyl (C=O) groups excluding carboxylic acids is 2. The minimum Gasteiger partial charge on any atom is -0.454 e. The molecule has 10 heteroatoms. The Labute approximate surface area is 157 Å². The zero-order valence-corrected chi connectivity index (χ0v) is 14.2. The van der Waals surface area contributed by atoms with Gasteiger partial charge < -0.3 is 14.8 Å². The Morgan fingerprint density at radius 3 is 2.64 bits per heavy atom. The van der Waals surface area contributed by atoms with Gasteiger partial charge in [-0.1, -0.05) is 6.07 Å². The second kappa shape index (κ2) is 7.99. The van der Waals surface area contributed by atoms with Crippen LogP contribution in [-0.2, 0) is 15.8 Å². The third-order valence-corrected chi connectivity index (χ3v) is 3.59. The molecule has 0 saturated carbocycles. The van der Waals surface area contributed by atoms with Crippen LogP contribution < -0.4 is 20.2 Å². The number of nitrogens with zero attached hydrogens (tertiary/aromatic N) is 1. The van der Waals surface area contributed by atoms with Gasteiger partial charge in [-0.05, 0) is 42.0 Å². The van der Waals surface area contributed by atoms with Crippen LogP contribution in [0.4, 0.5) is 18.9 Å². The fourth-order valence-electron chi connectivity index (χ4n) is 2.34. The number of ether oxygens (including phenoxy) is 2. The number of hydrogen-bond acceptors (Lipinski definition) is 5. The fourth-order valence-corrected chi connectivity index (χ4v) is 2.34. The Balaban J connectivity index is 1.50. The lowest BCUT2D eigenvalue weighted by Gasteiger charge is -2.09. The molecule has 0 bridgehead atoms. The van der Waals surface area contributed by atoms with Crippen LogP contribution in [0.25, 0.3) is 0 Å². The van der Waals surface area contributed by atoms with Crippen molar-refractivity contribution in [2.75, 3.05) is 12.1 Å². The molecule has 7 nitrogen and oxygen atoms in total. The van der Waals surface area contributed by atoms with E-state index < -0.39 is 30.0 Å². The van der Waals surface area contributed by atoms with Gasteiger partial charge in [0.2, 0.25) is 18.6 Å². The van der Waals surface area contributed by atoms with E-state index in [1.807, 2.05) is 0 Å². The van der Waals surface area contributed by atoms with Crippen molar-refractivity contribution in [2.24, 2.45) is 5.10 Å². The monoisotopic (exact) mass is 393 g/mol. The van der Waals surface area contributed by atoms with E-state index in [-0.39, 0.29) is 12.5 Å². The third-order valence-electron chi connectivity index (χ3n) is 3.59. The smallest absolute Gasteiger partial charge is 0.416 e. The first-order chi connectivity index (χ1) is 13.3. The van der Waals surface area contributed by atoms with Gasteiger partial charge in [0.25, 0.3) is 0 Å². The molecule has 0 radical (unpaired) electrons. The number of nitrogens with one attached hydrogen (secondary N) is 2. The molecule has 28 heavy (non-hydrogen) atoms. The fraction of sp³-hybridized carbons (Fsp3) is 0.167. The number of halogens is 3. The molecular weight excluding hydrogens is 379 g/mol. The van der Waals surface area contributed by atoms with Crippen molar-refractivity contribution < 1.29 is 32.2 Å². The number of hydrazone groups is 1. The summed E-state index contributed by atoms with van der Waals surface area (Å²) in [5, 5.41) is 5.96. The van der Waals surface area contributed by atoms with E-state index in [4.69, 9.17) is 9.47 Å². The van der Waals surface area contributed by atoms with Gasteiger partial charge in [-0.25, -0.2) is 5.43 Å². The quantitative estimate of drug-likeness (QED) is 0.464. The summed E-state index contributed by atoms with van der Waals surface area (Å²) in [6.07, 6.45) is -3.78. The Kier molecular flexibility index (Phi) is 5.48. The highest BCUT2D eigenvalue weighted by Crippen LogP contribution is 2.32. The number of benzene rings is 2. The van der Waals surface area contributed by atoms with Gasteiger partial charge in [0.05, 0.1) is 11.8 Å². The summed E-state index contributed by atoms with van der Waals surface area (Å²) in [4.78, 5) is 23.5. The highest BCUT2D eigenvalue weighted by Gasteiger charge is 2.30. The van der Waals surface area contributed by atoms with Crippen LogP contribution in [0.3, 0.4) is 0 Å². The molecule has 0 unspecified atom stereocenters. The van der Waals surface area contributed by atoms with Crippen LogP contribution in [0.2, 0.25) is 0 Å². The zero-order chi connectivity index (χ0) is 20.1. The van der Waals surface area contributed by atoms with Crippen LogP contribution in [0.15, 0.2) is 47.6 Å². The van der Waals surface area contributed by atoms with Crippen LogP contribution in [-0.4, -0.2) is 24.8 Å². The van der Waals surface area contributed by atoms with Gasteiger partial charge in [-0.15, -0.1) is 0 Å². The van der Waals surface area contributed by atoms with Gasteiger partial charge in [0, 0.05) is 5.69 Å². The third kappa shape index (κ3) is 5.00. The molecule has 0 saturated heterocycles. The summed E-state index contributed by atoms with van der Waals surface area (Å²) in [7, 11) is 0. The second-order valence-electron chi connectivity index (χ2n) is 5.71. The van der Waals surface area contributed by atoms with Crippen molar-refractivity contribution in [2.45, 2.75) is 12.6 Å². The minimum absolute atomic E-state index is 0.0588. The SMILES string of the molecule is O=C(CC(=O)Nc1cccc(C(F)(F)F)c1)NN=Cc1ccc2c(c1)OCO2. The molecule has 2 aromatic carbocycles. The highest BCUT2D eigenvalue weighted by molar-refractivity contribution is 6.03. The lowest BCUT2D eigenvalue weighted by atomic mass is 10.2. The normalized spacial score (nSPS) is 12.8. The molecule has 2 N–H and O–H groups in total. The van der Waals surface area contributed by atoms with E-state index in [1.54, 1.807) is 18.2 Å². The molecule has 0 fully saturated rings. The molecule has 2 amide bonds. The molecule has 3 rings (SSSR count). The predicted molar refractivity (Wildman–Crippen MR) is 93.0 cm³/mol. The van der Waals surface area contributed by atoms with Crippen molar-refractivity contribution in [1.82, 2.24) is 5.43 Å². The molecular formula is C18H14F3N3O4. The number of anilines is 1. The van der Waals surface area contributed by atoms with Gasteiger partial charge in [0.1, 0.15) is 6.42 Å². The summed E-state index contributed by atoms with van der Waals surface area (Å²) in [5.74, 6) is -0.334. The van der Waals surface area contributed by atoms with Crippen LogP contribution in [0.5, 0.6) is 11.5 Å². The number of amides is 2. The van der Waals surface area contributed by atoms with E-state index in [0.29, 0.717) is 17.1 Å². The van der Waals surface area contributed by atoms with Crippen molar-refractivity contribution in [3.63, 3.8) is 0 Å². The molecule has 0 aliphatic carbocycles. The molecule has 1 heterocycles. The van der Waals surface area contributed by atoms with E-state index in [0.717, 1.165) is 18.2 Å². The summed E-state index contributed by atoms with van der Waals surface area (Å²) in [6.45, 7) is 0.133. The Hall–Kier alpha value is -3.56. The first-order valence-electron chi connectivity index (χ1n) is 8.00. The van der Waals surface area contributed by atoms with Gasteiger partial charge >= 0.3 is 6.18 Å². The zero-order valence-electron chi connectivity index (χ0n) is 14.2. The Bertz CT molecular complexity index is 929. The largest absolute Gasteiger partial charge is 0.454 e. The van der Waals surface area contributed by atoms with E-state index in [2.05, 4.69) is 15.8 Å². The summed E-state index contributed by atoms with van der Waals surface area (Å²) in [6, 6.07) is 9.17. The van der Waals surface area contributed by atoms with E-state index >= 15 is 0 Å². The maximum absolute atomic E-state index is 12.7. The molecule has 2 aromatic rings. The second-order valence-corrected chi connectivity index (χ2v) is 5.71. The standard InChI is InChI=1S/C18H14F3N3O4/c19-18(20,21)12-2-1-3-13(7-12)23-16(25)8-17(26)24-22-9-11-4-5-14-15(6-11)28-10-27-14/h1-7,9H,8,10H2,(H,23,25)(H,24,26). The molecule has 0 spiro atoms. The van der Waals surface area contributed by atoms with E-state index in [9.17, 15) is 22.8 Å². The van der Waals surface area contributed by atoms with Gasteiger partial charge in [-0.2, -0.15) is 18.3 Å². The molecule has 146 valence electrons. The lowest BCUT2D eigenvalue weighted by molar-refractivity contribution is -0.137. The Morgan fingerprint density at radius 2 is 1.86 bits per heavy atom. The predicted octanol–water partition coefficient (Wildman–Crippen LogP) is 2.91. The van der Waals surface area contributed by atoms with Crippen molar-refractivity contribution in [3.05, 3.63) is 53.6 Å². The van der Waals surface area contributed by atoms with E-state index in [1.165, 1.54) is 12.3 Å².